The average molecular weight is 370 g/mol. The van der Waals surface area contributed by atoms with Crippen molar-refractivity contribution in [2.75, 3.05) is 19.5 Å². The van der Waals surface area contributed by atoms with Gasteiger partial charge in [0.2, 0.25) is 11.8 Å². The van der Waals surface area contributed by atoms with Crippen molar-refractivity contribution < 1.29 is 19.1 Å². The highest BCUT2D eigenvalue weighted by atomic mass is 16.5. The summed E-state index contributed by atoms with van der Waals surface area (Å²) in [6.45, 7) is 5.55. The molecule has 0 fully saturated rings. The topological polar surface area (TPSA) is 76.7 Å². The minimum Gasteiger partial charge on any atom is -0.493 e. The summed E-state index contributed by atoms with van der Waals surface area (Å²) in [6.07, 6.45) is 0. The van der Waals surface area contributed by atoms with Gasteiger partial charge in [-0.05, 0) is 38.5 Å². The number of methoxy groups -OCH3 is 2. The maximum absolute atomic E-state index is 12.6. The summed E-state index contributed by atoms with van der Waals surface area (Å²) in [6, 6.07) is 12.9. The van der Waals surface area contributed by atoms with E-state index in [1.807, 2.05) is 31.2 Å². The first-order chi connectivity index (χ1) is 12.8. The van der Waals surface area contributed by atoms with E-state index >= 15 is 0 Å². The van der Waals surface area contributed by atoms with Crippen molar-refractivity contribution in [1.82, 2.24) is 5.32 Å². The van der Waals surface area contributed by atoms with E-state index in [4.69, 9.17) is 9.47 Å². The Kier molecular flexibility index (Phi) is 6.45. The van der Waals surface area contributed by atoms with Crippen molar-refractivity contribution in [3.05, 3.63) is 53.6 Å². The van der Waals surface area contributed by atoms with Gasteiger partial charge >= 0.3 is 0 Å². The van der Waals surface area contributed by atoms with Crippen molar-refractivity contribution >= 4 is 17.5 Å². The van der Waals surface area contributed by atoms with Crippen LogP contribution in [0, 0.1) is 12.3 Å². The van der Waals surface area contributed by atoms with Crippen LogP contribution in [-0.2, 0) is 16.1 Å². The summed E-state index contributed by atoms with van der Waals surface area (Å²) >= 11 is 0. The second-order valence-corrected chi connectivity index (χ2v) is 6.82. The van der Waals surface area contributed by atoms with Gasteiger partial charge in [0.25, 0.3) is 0 Å². The third-order valence-electron chi connectivity index (χ3n) is 4.35. The molecule has 2 amide bonds. The normalized spacial score (nSPS) is 10.9. The molecule has 2 aromatic carbocycles. The van der Waals surface area contributed by atoms with Gasteiger partial charge < -0.3 is 20.1 Å². The summed E-state index contributed by atoms with van der Waals surface area (Å²) in [4.78, 5) is 25.2. The Morgan fingerprint density at radius 2 is 1.56 bits per heavy atom. The Hall–Kier alpha value is -3.02. The van der Waals surface area contributed by atoms with E-state index in [-0.39, 0.29) is 5.91 Å². The smallest absolute Gasteiger partial charge is 0.239 e. The molecule has 2 N–H and O–H groups in total. The van der Waals surface area contributed by atoms with Crippen molar-refractivity contribution in [3.8, 4) is 11.5 Å². The van der Waals surface area contributed by atoms with Crippen molar-refractivity contribution in [1.29, 1.82) is 0 Å². The van der Waals surface area contributed by atoms with Crippen LogP contribution < -0.4 is 20.1 Å². The minimum absolute atomic E-state index is 0.346. The molecule has 0 spiro atoms. The third-order valence-corrected chi connectivity index (χ3v) is 4.35. The molecule has 6 nitrogen and oxygen atoms in total. The average Bonchev–Trinajstić information content (AvgIpc) is 2.66. The molecule has 0 aliphatic rings. The lowest BCUT2D eigenvalue weighted by Gasteiger charge is -2.23. The molecule has 0 aromatic heterocycles. The Labute approximate surface area is 159 Å². The number of benzene rings is 2. The Morgan fingerprint density at radius 1 is 0.926 bits per heavy atom. The molecule has 0 radical (unpaired) electrons. The molecular weight excluding hydrogens is 344 g/mol. The van der Waals surface area contributed by atoms with Crippen LogP contribution in [0.15, 0.2) is 42.5 Å². The van der Waals surface area contributed by atoms with Gasteiger partial charge in [0, 0.05) is 18.3 Å². The Morgan fingerprint density at radius 3 is 2.15 bits per heavy atom. The summed E-state index contributed by atoms with van der Waals surface area (Å²) in [7, 11) is 3.06. The fourth-order valence-corrected chi connectivity index (χ4v) is 2.41. The number of anilines is 1. The molecule has 0 saturated heterocycles. The first-order valence-electron chi connectivity index (χ1n) is 8.65. The van der Waals surface area contributed by atoms with E-state index < -0.39 is 11.3 Å². The van der Waals surface area contributed by atoms with E-state index in [0.29, 0.717) is 23.7 Å². The summed E-state index contributed by atoms with van der Waals surface area (Å²) in [5, 5.41) is 5.58. The number of carbonyl (C=O) groups excluding carboxylic acids is 2. The molecule has 0 atom stereocenters. The molecule has 0 saturated carbocycles. The monoisotopic (exact) mass is 370 g/mol. The van der Waals surface area contributed by atoms with E-state index in [9.17, 15) is 9.59 Å². The van der Waals surface area contributed by atoms with Crippen LogP contribution in [0.2, 0.25) is 0 Å². The molecule has 0 unspecified atom stereocenters. The van der Waals surface area contributed by atoms with Gasteiger partial charge in [0.1, 0.15) is 5.41 Å². The first kappa shape index (κ1) is 20.3. The van der Waals surface area contributed by atoms with Crippen molar-refractivity contribution in [2.45, 2.75) is 27.3 Å². The number of amides is 2. The van der Waals surface area contributed by atoms with Gasteiger partial charge in [-0.2, -0.15) is 0 Å². The zero-order valence-corrected chi connectivity index (χ0v) is 16.4. The number of hydrogen-bond acceptors (Lipinski definition) is 4. The molecule has 0 heterocycles. The first-order valence-corrected chi connectivity index (χ1v) is 8.65. The number of nitrogens with one attached hydrogen (secondary N) is 2. The molecule has 0 aliphatic heterocycles. The van der Waals surface area contributed by atoms with Crippen LogP contribution in [0.5, 0.6) is 11.5 Å². The molecule has 0 aliphatic carbocycles. The van der Waals surface area contributed by atoms with Crippen LogP contribution in [0.3, 0.4) is 0 Å². The van der Waals surface area contributed by atoms with Crippen LogP contribution in [-0.4, -0.2) is 26.0 Å². The standard InChI is InChI=1S/C21H26N2O4/c1-14-6-8-15(9-7-14)13-22-19(24)21(2,3)20(25)23-16-10-11-17(26-4)18(12-16)27-5/h6-12H,13H2,1-5H3,(H,22,24)(H,23,25). The van der Waals surface area contributed by atoms with Gasteiger partial charge in [0.05, 0.1) is 14.2 Å². The van der Waals surface area contributed by atoms with Crippen LogP contribution in [0.4, 0.5) is 5.69 Å². The van der Waals surface area contributed by atoms with E-state index in [1.165, 1.54) is 14.2 Å². The highest BCUT2D eigenvalue weighted by molar-refractivity contribution is 6.09. The maximum Gasteiger partial charge on any atom is 0.239 e. The third kappa shape index (κ3) is 5.00. The Balaban J connectivity index is 2.02. The predicted octanol–water partition coefficient (Wildman–Crippen LogP) is 3.29. The lowest BCUT2D eigenvalue weighted by Crippen LogP contribution is -2.44. The summed E-state index contributed by atoms with van der Waals surface area (Å²) in [5.41, 5.74) is 1.42. The second-order valence-electron chi connectivity index (χ2n) is 6.82. The van der Waals surface area contributed by atoms with Gasteiger partial charge in [-0.3, -0.25) is 9.59 Å². The van der Waals surface area contributed by atoms with Gasteiger partial charge in [-0.25, -0.2) is 0 Å². The van der Waals surface area contributed by atoms with E-state index in [2.05, 4.69) is 10.6 Å². The zero-order valence-electron chi connectivity index (χ0n) is 16.4. The highest BCUT2D eigenvalue weighted by Gasteiger charge is 2.36. The fraction of sp³-hybridized carbons (Fsp3) is 0.333. The number of aryl methyl sites for hydroxylation is 1. The zero-order chi connectivity index (χ0) is 20.0. The summed E-state index contributed by atoms with van der Waals surface area (Å²) in [5.74, 6) is 0.305. The lowest BCUT2D eigenvalue weighted by molar-refractivity contribution is -0.138. The number of rotatable bonds is 7. The molecule has 6 heteroatoms. The summed E-state index contributed by atoms with van der Waals surface area (Å²) < 4.78 is 10.4. The molecule has 27 heavy (non-hydrogen) atoms. The predicted molar refractivity (Wildman–Crippen MR) is 105 cm³/mol. The second kappa shape index (κ2) is 8.58. The largest absolute Gasteiger partial charge is 0.493 e. The quantitative estimate of drug-likeness (QED) is 0.733. The molecule has 144 valence electrons. The van der Waals surface area contributed by atoms with Crippen LogP contribution in [0.1, 0.15) is 25.0 Å². The van der Waals surface area contributed by atoms with Gasteiger partial charge in [-0.1, -0.05) is 29.8 Å². The number of ether oxygens (including phenoxy) is 2. The van der Waals surface area contributed by atoms with Gasteiger partial charge in [0.15, 0.2) is 11.5 Å². The Bertz CT molecular complexity index is 813. The molecular formula is C21H26N2O4. The number of carbonyl (C=O) groups is 2. The fourth-order valence-electron chi connectivity index (χ4n) is 2.41. The van der Waals surface area contributed by atoms with E-state index in [0.717, 1.165) is 11.1 Å². The maximum atomic E-state index is 12.6. The van der Waals surface area contributed by atoms with Crippen molar-refractivity contribution in [3.63, 3.8) is 0 Å². The number of hydrogen-bond donors (Lipinski definition) is 2. The lowest BCUT2D eigenvalue weighted by atomic mass is 9.90. The van der Waals surface area contributed by atoms with Gasteiger partial charge in [-0.15, -0.1) is 0 Å². The molecule has 0 bridgehead atoms. The SMILES string of the molecule is COc1ccc(NC(=O)C(C)(C)C(=O)NCc2ccc(C)cc2)cc1OC. The van der Waals surface area contributed by atoms with E-state index in [1.54, 1.807) is 32.0 Å². The van der Waals surface area contributed by atoms with Crippen molar-refractivity contribution in [2.24, 2.45) is 5.41 Å². The van der Waals surface area contributed by atoms with Crippen LogP contribution in [0.25, 0.3) is 0 Å². The molecule has 2 rings (SSSR count). The van der Waals surface area contributed by atoms with Crippen LogP contribution >= 0.6 is 0 Å². The highest BCUT2D eigenvalue weighted by Crippen LogP contribution is 2.30. The minimum atomic E-state index is -1.24. The molecule has 2 aromatic rings.